The van der Waals surface area contributed by atoms with Crippen LogP contribution in [0.1, 0.15) is 33.1 Å². The molecule has 0 fully saturated rings. The molecule has 1 aromatic rings. The van der Waals surface area contributed by atoms with Crippen molar-refractivity contribution < 1.29 is 18.3 Å². The lowest BCUT2D eigenvalue weighted by Crippen LogP contribution is -2.19. The molecule has 6 nitrogen and oxygen atoms in total. The molecular formula is C14H22N2O4S. The van der Waals surface area contributed by atoms with E-state index in [9.17, 15) is 13.2 Å². The molecule has 0 spiro atoms. The Labute approximate surface area is 125 Å². The predicted molar refractivity (Wildman–Crippen MR) is 81.1 cm³/mol. The lowest BCUT2D eigenvalue weighted by Gasteiger charge is -2.17. The van der Waals surface area contributed by atoms with Crippen LogP contribution in [0.4, 0.5) is 5.82 Å². The van der Waals surface area contributed by atoms with E-state index in [0.717, 1.165) is 19.1 Å². The molecule has 0 saturated heterocycles. The highest BCUT2D eigenvalue weighted by atomic mass is 32.2. The lowest BCUT2D eigenvalue weighted by molar-refractivity contribution is -0.141. The van der Waals surface area contributed by atoms with E-state index in [1.807, 2.05) is 6.92 Å². The van der Waals surface area contributed by atoms with Gasteiger partial charge in [-0.3, -0.25) is 4.79 Å². The van der Waals surface area contributed by atoms with Gasteiger partial charge in [0.15, 0.2) is 9.84 Å². The van der Waals surface area contributed by atoms with Crippen LogP contribution in [0.5, 0.6) is 0 Å². The smallest absolute Gasteiger partial charge is 0.306 e. The van der Waals surface area contributed by atoms with E-state index in [4.69, 9.17) is 5.11 Å². The summed E-state index contributed by atoms with van der Waals surface area (Å²) in [4.78, 5) is 15.0. The fourth-order valence-corrected chi connectivity index (χ4v) is 2.75. The van der Waals surface area contributed by atoms with Crippen LogP contribution in [-0.2, 0) is 14.6 Å². The number of sulfone groups is 1. The first-order chi connectivity index (χ1) is 9.71. The largest absolute Gasteiger partial charge is 0.481 e. The van der Waals surface area contributed by atoms with Gasteiger partial charge in [0.25, 0.3) is 0 Å². The third kappa shape index (κ3) is 5.71. The first kappa shape index (κ1) is 17.4. The summed E-state index contributed by atoms with van der Waals surface area (Å²) in [7, 11) is -3.33. The summed E-state index contributed by atoms with van der Waals surface area (Å²) in [5, 5.41) is 11.9. The number of carboxylic acids is 1. The molecule has 0 saturated carbocycles. The number of aliphatic carboxylic acids is 1. The van der Waals surface area contributed by atoms with Crippen LogP contribution in [0.2, 0.25) is 0 Å². The van der Waals surface area contributed by atoms with Gasteiger partial charge in [-0.15, -0.1) is 0 Å². The second kappa shape index (κ2) is 7.40. The Morgan fingerprint density at radius 3 is 2.62 bits per heavy atom. The third-order valence-electron chi connectivity index (χ3n) is 3.25. The van der Waals surface area contributed by atoms with E-state index in [1.54, 1.807) is 13.0 Å². The van der Waals surface area contributed by atoms with Crippen LogP contribution < -0.4 is 5.32 Å². The van der Waals surface area contributed by atoms with Gasteiger partial charge in [-0.1, -0.05) is 13.3 Å². The summed E-state index contributed by atoms with van der Waals surface area (Å²) in [5.74, 6) is -0.808. The Bertz CT molecular complexity index is 586. The Morgan fingerprint density at radius 2 is 2.05 bits per heavy atom. The number of pyridine rings is 1. The van der Waals surface area contributed by atoms with Crippen molar-refractivity contribution in [2.24, 2.45) is 5.92 Å². The quantitative estimate of drug-likeness (QED) is 0.763. The number of carbonyl (C=O) groups is 1. The van der Waals surface area contributed by atoms with Gasteiger partial charge in [0.2, 0.25) is 0 Å². The number of nitrogens with zero attached hydrogens (tertiary/aromatic N) is 1. The van der Waals surface area contributed by atoms with Crippen LogP contribution in [0.3, 0.4) is 0 Å². The number of aromatic nitrogens is 1. The van der Waals surface area contributed by atoms with Crippen LogP contribution in [-0.4, -0.2) is 36.8 Å². The molecule has 21 heavy (non-hydrogen) atoms. The highest BCUT2D eigenvalue weighted by molar-refractivity contribution is 7.90. The van der Waals surface area contributed by atoms with E-state index in [1.165, 1.54) is 12.3 Å². The average molecular weight is 314 g/mol. The predicted octanol–water partition coefficient (Wildman–Crippen LogP) is 2.18. The first-order valence-corrected chi connectivity index (χ1v) is 8.75. The number of nitrogens with one attached hydrogen (secondary N) is 1. The molecular weight excluding hydrogens is 292 g/mol. The van der Waals surface area contributed by atoms with Crippen molar-refractivity contribution >= 4 is 21.6 Å². The van der Waals surface area contributed by atoms with Crippen LogP contribution >= 0.6 is 0 Å². The molecule has 1 heterocycles. The normalized spacial score (nSPS) is 14.4. The molecule has 1 rings (SSSR count). The molecule has 2 unspecified atom stereocenters. The molecule has 2 atom stereocenters. The third-order valence-corrected chi connectivity index (χ3v) is 4.38. The van der Waals surface area contributed by atoms with Gasteiger partial charge in [-0.05, 0) is 31.9 Å². The summed E-state index contributed by atoms with van der Waals surface area (Å²) < 4.78 is 23.3. The number of hydrogen-bond acceptors (Lipinski definition) is 5. The minimum Gasteiger partial charge on any atom is -0.481 e. The fourth-order valence-electron chi connectivity index (χ4n) is 1.96. The molecule has 0 bridgehead atoms. The van der Waals surface area contributed by atoms with Crippen molar-refractivity contribution in [3.05, 3.63) is 18.3 Å². The number of rotatable bonds is 8. The Balaban J connectivity index is 2.60. The summed E-state index contributed by atoms with van der Waals surface area (Å²) >= 11 is 0. The van der Waals surface area contributed by atoms with E-state index in [-0.39, 0.29) is 16.9 Å². The second-order valence-corrected chi connectivity index (χ2v) is 7.32. The van der Waals surface area contributed by atoms with Gasteiger partial charge < -0.3 is 10.4 Å². The molecule has 0 radical (unpaired) electrons. The molecule has 0 aliphatic rings. The van der Waals surface area contributed by atoms with Crippen LogP contribution in [0, 0.1) is 5.92 Å². The lowest BCUT2D eigenvalue weighted by atomic mass is 10.0. The minimum absolute atomic E-state index is 0.0152. The maximum Gasteiger partial charge on any atom is 0.306 e. The number of hydrogen-bond donors (Lipinski definition) is 2. The average Bonchev–Trinajstić information content (AvgIpc) is 2.37. The van der Waals surface area contributed by atoms with Crippen LogP contribution in [0.25, 0.3) is 0 Å². The van der Waals surface area contributed by atoms with Crippen molar-refractivity contribution in [1.82, 2.24) is 4.98 Å². The maximum absolute atomic E-state index is 11.7. The topological polar surface area (TPSA) is 96.4 Å². The van der Waals surface area contributed by atoms with Gasteiger partial charge in [-0.2, -0.15) is 0 Å². The Kier molecular flexibility index (Phi) is 6.14. The van der Waals surface area contributed by atoms with Crippen LogP contribution in [0.15, 0.2) is 23.2 Å². The zero-order valence-corrected chi connectivity index (χ0v) is 13.4. The Hall–Kier alpha value is -1.63. The highest BCUT2D eigenvalue weighted by Gasteiger charge is 2.16. The molecule has 1 aromatic heterocycles. The molecule has 7 heteroatoms. The molecule has 0 aromatic carbocycles. The maximum atomic E-state index is 11.7. The van der Waals surface area contributed by atoms with Gasteiger partial charge in [-0.25, -0.2) is 13.4 Å². The highest BCUT2D eigenvalue weighted by Crippen LogP contribution is 2.20. The van der Waals surface area contributed by atoms with Crippen molar-refractivity contribution in [3.63, 3.8) is 0 Å². The minimum atomic E-state index is -3.33. The molecule has 0 aliphatic carbocycles. The Morgan fingerprint density at radius 1 is 1.38 bits per heavy atom. The zero-order valence-electron chi connectivity index (χ0n) is 12.5. The van der Waals surface area contributed by atoms with Gasteiger partial charge in [0.05, 0.1) is 5.92 Å². The van der Waals surface area contributed by atoms with Gasteiger partial charge in [0.1, 0.15) is 10.7 Å². The van der Waals surface area contributed by atoms with E-state index >= 15 is 0 Å². The molecule has 118 valence electrons. The van der Waals surface area contributed by atoms with Crippen molar-refractivity contribution in [2.75, 3.05) is 11.6 Å². The van der Waals surface area contributed by atoms with Crippen molar-refractivity contribution in [1.29, 1.82) is 0 Å². The molecule has 0 aliphatic heterocycles. The summed E-state index contributed by atoms with van der Waals surface area (Å²) in [5.41, 5.74) is 0. The van der Waals surface area contributed by atoms with Crippen molar-refractivity contribution in [3.8, 4) is 0 Å². The summed E-state index contributed by atoms with van der Waals surface area (Å²) in [6.07, 6.45) is 4.78. The summed E-state index contributed by atoms with van der Waals surface area (Å²) in [6.45, 7) is 3.60. The second-order valence-electron chi connectivity index (χ2n) is 5.34. The van der Waals surface area contributed by atoms with Crippen molar-refractivity contribution in [2.45, 2.75) is 44.0 Å². The number of carboxylic acid groups (broad SMARTS) is 1. The van der Waals surface area contributed by atoms with E-state index in [2.05, 4.69) is 10.3 Å². The van der Waals surface area contributed by atoms with E-state index < -0.39 is 15.8 Å². The first-order valence-electron chi connectivity index (χ1n) is 6.86. The number of anilines is 1. The standard InChI is InChI=1S/C14H22N2O4S/c1-10(14(17)18)6-4-7-11(2)16-13-12(21(3,19)20)8-5-9-15-13/h5,8-11H,4,6-7H2,1-3H3,(H,15,16)(H,17,18). The summed E-state index contributed by atoms with van der Waals surface area (Å²) in [6, 6.07) is 3.12. The van der Waals surface area contributed by atoms with Gasteiger partial charge >= 0.3 is 5.97 Å². The SMILES string of the molecule is CC(CCCC(C)C(=O)O)Nc1ncccc1S(C)(=O)=O. The van der Waals surface area contributed by atoms with Gasteiger partial charge in [0, 0.05) is 18.5 Å². The van der Waals surface area contributed by atoms with E-state index in [0.29, 0.717) is 12.2 Å². The molecule has 0 amide bonds. The monoisotopic (exact) mass is 314 g/mol. The zero-order chi connectivity index (χ0) is 16.0. The molecule has 2 N–H and O–H groups in total. The fraction of sp³-hybridized carbons (Fsp3) is 0.571.